The number of carbonyl (C=O) groups is 1. The lowest BCUT2D eigenvalue weighted by atomic mass is 10.2. The van der Waals surface area contributed by atoms with Crippen molar-refractivity contribution in [2.24, 2.45) is 0 Å². The smallest absolute Gasteiger partial charge is 0.302 e. The second-order valence-electron chi connectivity index (χ2n) is 3.40. The van der Waals surface area contributed by atoms with Crippen LogP contribution < -0.4 is 0 Å². The molecule has 0 aliphatic carbocycles. The van der Waals surface area contributed by atoms with Gasteiger partial charge in [0.1, 0.15) is 12.7 Å². The molecule has 0 amide bonds. The van der Waals surface area contributed by atoms with E-state index in [9.17, 15) is 4.79 Å². The first-order valence-corrected chi connectivity index (χ1v) is 5.12. The van der Waals surface area contributed by atoms with E-state index in [0.717, 1.165) is 5.56 Å². The lowest BCUT2D eigenvalue weighted by Gasteiger charge is -2.14. The van der Waals surface area contributed by atoms with Crippen molar-refractivity contribution in [2.45, 2.75) is 19.6 Å². The predicted molar refractivity (Wildman–Crippen MR) is 58.7 cm³/mol. The summed E-state index contributed by atoms with van der Waals surface area (Å²) in [6.07, 6.45) is -0.468. The number of hydrogen-bond donors (Lipinski definition) is 1. The minimum atomic E-state index is -0.468. The summed E-state index contributed by atoms with van der Waals surface area (Å²) < 4.78 is 10.2. The highest BCUT2D eigenvalue weighted by Gasteiger charge is 2.09. The van der Waals surface area contributed by atoms with Crippen LogP contribution >= 0.6 is 0 Å². The maximum Gasteiger partial charge on any atom is 0.302 e. The van der Waals surface area contributed by atoms with Gasteiger partial charge >= 0.3 is 5.97 Å². The molecule has 1 N–H and O–H groups in total. The van der Waals surface area contributed by atoms with Gasteiger partial charge in [-0.15, -0.1) is 0 Å². The van der Waals surface area contributed by atoms with Crippen molar-refractivity contribution in [3.8, 4) is 0 Å². The molecule has 0 heterocycles. The van der Waals surface area contributed by atoms with Gasteiger partial charge in [-0.3, -0.25) is 4.79 Å². The number of hydrogen-bond acceptors (Lipinski definition) is 4. The summed E-state index contributed by atoms with van der Waals surface area (Å²) in [5.41, 5.74) is 1.02. The monoisotopic (exact) mass is 224 g/mol. The molecule has 1 aromatic carbocycles. The van der Waals surface area contributed by atoms with Crippen LogP contribution in [0.2, 0.25) is 0 Å². The Kier molecular flexibility index (Phi) is 5.53. The number of rotatable bonds is 6. The third-order valence-electron chi connectivity index (χ3n) is 2.00. The van der Waals surface area contributed by atoms with Crippen molar-refractivity contribution in [1.29, 1.82) is 0 Å². The quantitative estimate of drug-likeness (QED) is 0.736. The minimum Gasteiger partial charge on any atom is -0.463 e. The molecule has 0 aliphatic rings. The van der Waals surface area contributed by atoms with Crippen LogP contribution in [0.15, 0.2) is 30.3 Å². The van der Waals surface area contributed by atoms with E-state index < -0.39 is 6.10 Å². The number of carbonyl (C=O) groups excluding carboxylic acids is 1. The Morgan fingerprint density at radius 1 is 1.38 bits per heavy atom. The topological polar surface area (TPSA) is 55.8 Å². The Balaban J connectivity index is 2.31. The summed E-state index contributed by atoms with van der Waals surface area (Å²) in [6, 6.07) is 9.61. The largest absolute Gasteiger partial charge is 0.463 e. The fraction of sp³-hybridized carbons (Fsp3) is 0.417. The number of aliphatic hydroxyl groups excluding tert-OH is 1. The molecule has 1 rings (SSSR count). The van der Waals surface area contributed by atoms with E-state index in [1.807, 2.05) is 30.3 Å². The van der Waals surface area contributed by atoms with E-state index in [0.29, 0.717) is 6.61 Å². The van der Waals surface area contributed by atoms with Gasteiger partial charge in [-0.1, -0.05) is 30.3 Å². The maximum atomic E-state index is 10.6. The number of esters is 1. The molecule has 1 atom stereocenters. The van der Waals surface area contributed by atoms with Crippen molar-refractivity contribution in [3.63, 3.8) is 0 Å². The van der Waals surface area contributed by atoms with Crippen LogP contribution in [0.3, 0.4) is 0 Å². The first kappa shape index (κ1) is 12.7. The summed E-state index contributed by atoms with van der Waals surface area (Å²) in [4.78, 5) is 10.6. The molecule has 4 nitrogen and oxygen atoms in total. The van der Waals surface area contributed by atoms with Gasteiger partial charge < -0.3 is 14.6 Å². The van der Waals surface area contributed by atoms with Crippen molar-refractivity contribution >= 4 is 5.97 Å². The third kappa shape index (κ3) is 4.91. The van der Waals surface area contributed by atoms with E-state index >= 15 is 0 Å². The zero-order valence-corrected chi connectivity index (χ0v) is 9.26. The molecule has 0 aromatic heterocycles. The lowest BCUT2D eigenvalue weighted by Crippen LogP contribution is -2.25. The SMILES string of the molecule is CC(=O)OCC(CO)OCc1ccccc1. The fourth-order valence-corrected chi connectivity index (χ4v) is 1.15. The van der Waals surface area contributed by atoms with Crippen LogP contribution in [0.1, 0.15) is 12.5 Å². The molecule has 0 aliphatic heterocycles. The molecule has 0 bridgehead atoms. The van der Waals surface area contributed by atoms with Crippen LogP contribution in [0, 0.1) is 0 Å². The zero-order valence-electron chi connectivity index (χ0n) is 9.26. The zero-order chi connectivity index (χ0) is 11.8. The van der Waals surface area contributed by atoms with Crippen molar-refractivity contribution in [1.82, 2.24) is 0 Å². The Morgan fingerprint density at radius 3 is 2.62 bits per heavy atom. The van der Waals surface area contributed by atoms with E-state index in [2.05, 4.69) is 0 Å². The van der Waals surface area contributed by atoms with Crippen molar-refractivity contribution < 1.29 is 19.4 Å². The summed E-state index contributed by atoms with van der Waals surface area (Å²) in [6.45, 7) is 1.64. The molecule has 0 saturated carbocycles. The van der Waals surface area contributed by atoms with Crippen LogP contribution in [0.5, 0.6) is 0 Å². The summed E-state index contributed by atoms with van der Waals surface area (Å²) in [5.74, 6) is -0.373. The highest BCUT2D eigenvalue weighted by Crippen LogP contribution is 2.03. The van der Waals surface area contributed by atoms with Gasteiger partial charge in [0.05, 0.1) is 13.2 Å². The van der Waals surface area contributed by atoms with E-state index in [1.54, 1.807) is 0 Å². The maximum absolute atomic E-state index is 10.6. The van der Waals surface area contributed by atoms with E-state index in [-0.39, 0.29) is 19.2 Å². The molecule has 88 valence electrons. The molecule has 16 heavy (non-hydrogen) atoms. The number of aliphatic hydroxyl groups is 1. The Labute approximate surface area is 94.8 Å². The first-order chi connectivity index (χ1) is 7.72. The Hall–Kier alpha value is -1.39. The minimum absolute atomic E-state index is 0.0820. The fourth-order valence-electron chi connectivity index (χ4n) is 1.15. The van der Waals surface area contributed by atoms with E-state index in [4.69, 9.17) is 14.6 Å². The molecule has 4 heteroatoms. The standard InChI is InChI=1S/C12H16O4/c1-10(14)15-9-12(7-13)16-8-11-5-3-2-4-6-11/h2-6,12-13H,7-9H2,1H3. The average molecular weight is 224 g/mol. The summed E-state index contributed by atoms with van der Waals surface area (Å²) in [7, 11) is 0. The Morgan fingerprint density at radius 2 is 2.06 bits per heavy atom. The van der Waals surface area contributed by atoms with Gasteiger partial charge in [-0.05, 0) is 5.56 Å². The van der Waals surface area contributed by atoms with E-state index in [1.165, 1.54) is 6.92 Å². The molecule has 0 radical (unpaired) electrons. The van der Waals surface area contributed by atoms with Crippen LogP contribution in [0.25, 0.3) is 0 Å². The highest BCUT2D eigenvalue weighted by molar-refractivity contribution is 5.65. The third-order valence-corrected chi connectivity index (χ3v) is 2.00. The highest BCUT2D eigenvalue weighted by atomic mass is 16.6. The van der Waals surface area contributed by atoms with Gasteiger partial charge in [-0.2, -0.15) is 0 Å². The van der Waals surface area contributed by atoms with Crippen LogP contribution in [-0.4, -0.2) is 30.4 Å². The molecule has 0 spiro atoms. The molecule has 0 fully saturated rings. The molecular formula is C12H16O4. The second-order valence-corrected chi connectivity index (χ2v) is 3.40. The summed E-state index contributed by atoms with van der Waals surface area (Å²) >= 11 is 0. The lowest BCUT2D eigenvalue weighted by molar-refractivity contribution is -0.146. The molecular weight excluding hydrogens is 208 g/mol. The van der Waals surface area contributed by atoms with Crippen LogP contribution in [0.4, 0.5) is 0 Å². The van der Waals surface area contributed by atoms with Crippen molar-refractivity contribution in [3.05, 3.63) is 35.9 Å². The van der Waals surface area contributed by atoms with Gasteiger partial charge in [0.15, 0.2) is 0 Å². The molecule has 0 saturated heterocycles. The van der Waals surface area contributed by atoms with Gasteiger partial charge in [0.2, 0.25) is 0 Å². The van der Waals surface area contributed by atoms with Crippen LogP contribution in [-0.2, 0) is 20.9 Å². The molecule has 1 unspecified atom stereocenters. The normalized spacial score (nSPS) is 12.1. The predicted octanol–water partition coefficient (Wildman–Crippen LogP) is 1.13. The number of ether oxygens (including phenoxy) is 2. The van der Waals surface area contributed by atoms with Gasteiger partial charge in [-0.25, -0.2) is 0 Å². The first-order valence-electron chi connectivity index (χ1n) is 5.12. The average Bonchev–Trinajstić information content (AvgIpc) is 2.30. The summed E-state index contributed by atoms with van der Waals surface area (Å²) in [5, 5.41) is 9.00. The Bertz CT molecular complexity index is 310. The van der Waals surface area contributed by atoms with Gasteiger partial charge in [0.25, 0.3) is 0 Å². The van der Waals surface area contributed by atoms with Gasteiger partial charge in [0, 0.05) is 6.92 Å². The number of benzene rings is 1. The van der Waals surface area contributed by atoms with Crippen molar-refractivity contribution in [2.75, 3.05) is 13.2 Å². The molecule has 1 aromatic rings. The second kappa shape index (κ2) is 6.98.